The van der Waals surface area contributed by atoms with E-state index in [1.54, 1.807) is 7.11 Å². The highest BCUT2D eigenvalue weighted by molar-refractivity contribution is 5.47. The molecule has 1 aliphatic rings. The van der Waals surface area contributed by atoms with Crippen LogP contribution in [-0.2, 0) is 5.41 Å². The molecule has 94 valence electrons. The Labute approximate surface area is 103 Å². The van der Waals surface area contributed by atoms with Crippen molar-refractivity contribution >= 4 is 0 Å². The lowest BCUT2D eigenvalue weighted by molar-refractivity contribution is 0.310. The maximum atomic E-state index is 6.08. The molecule has 0 aromatic heterocycles. The molecule has 1 fully saturated rings. The molecule has 1 atom stereocenters. The van der Waals surface area contributed by atoms with E-state index in [0.717, 1.165) is 11.5 Å². The topological polar surface area (TPSA) is 44.5 Å². The largest absolute Gasteiger partial charge is 0.493 e. The van der Waals surface area contributed by atoms with Crippen molar-refractivity contribution in [3.05, 3.63) is 23.8 Å². The van der Waals surface area contributed by atoms with Crippen LogP contribution in [0, 0.1) is 0 Å². The first kappa shape index (κ1) is 12.2. The molecule has 2 rings (SSSR count). The van der Waals surface area contributed by atoms with Gasteiger partial charge in [-0.2, -0.15) is 0 Å². The second kappa shape index (κ2) is 4.57. The quantitative estimate of drug-likeness (QED) is 0.852. The maximum absolute atomic E-state index is 6.08. The van der Waals surface area contributed by atoms with Crippen LogP contribution in [0.5, 0.6) is 11.5 Å². The molecule has 1 aromatic rings. The summed E-state index contributed by atoms with van der Waals surface area (Å²) in [5.41, 5.74) is 7.52. The van der Waals surface area contributed by atoms with E-state index in [0.29, 0.717) is 6.61 Å². The molecule has 3 heteroatoms. The van der Waals surface area contributed by atoms with Gasteiger partial charge in [-0.05, 0) is 44.4 Å². The molecule has 0 heterocycles. The normalized spacial score (nSPS) is 18.6. The average Bonchev–Trinajstić information content (AvgIpc) is 3.11. The number of methoxy groups -OCH3 is 1. The highest BCUT2D eigenvalue weighted by Crippen LogP contribution is 2.51. The van der Waals surface area contributed by atoms with E-state index in [9.17, 15) is 0 Å². The molecule has 17 heavy (non-hydrogen) atoms. The number of nitrogens with two attached hydrogens (primary N) is 1. The summed E-state index contributed by atoms with van der Waals surface area (Å²) in [6.45, 7) is 4.70. The minimum Gasteiger partial charge on any atom is -0.493 e. The Hall–Kier alpha value is -1.22. The molecule has 0 aliphatic heterocycles. The van der Waals surface area contributed by atoms with Crippen LogP contribution in [-0.4, -0.2) is 19.8 Å². The van der Waals surface area contributed by atoms with E-state index in [2.05, 4.69) is 19.1 Å². The fourth-order valence-corrected chi connectivity index (χ4v) is 2.39. The zero-order valence-corrected chi connectivity index (χ0v) is 10.8. The molecule has 0 spiro atoms. The monoisotopic (exact) mass is 235 g/mol. The Morgan fingerprint density at radius 1 is 1.35 bits per heavy atom. The summed E-state index contributed by atoms with van der Waals surface area (Å²) in [5.74, 6) is 1.61. The molecule has 1 saturated carbocycles. The van der Waals surface area contributed by atoms with Crippen LogP contribution in [0.2, 0.25) is 0 Å². The molecule has 1 aliphatic carbocycles. The second-order valence-electron chi connectivity index (χ2n) is 4.74. The van der Waals surface area contributed by atoms with Crippen LogP contribution < -0.4 is 15.2 Å². The molecule has 3 nitrogen and oxygen atoms in total. The van der Waals surface area contributed by atoms with Gasteiger partial charge in [0.25, 0.3) is 0 Å². The van der Waals surface area contributed by atoms with Gasteiger partial charge >= 0.3 is 0 Å². The maximum Gasteiger partial charge on any atom is 0.161 e. The molecule has 0 amide bonds. The minimum absolute atomic E-state index is 0.165. The van der Waals surface area contributed by atoms with E-state index >= 15 is 0 Å². The van der Waals surface area contributed by atoms with Gasteiger partial charge in [0.1, 0.15) is 0 Å². The van der Waals surface area contributed by atoms with Crippen molar-refractivity contribution in [3.63, 3.8) is 0 Å². The Morgan fingerprint density at radius 2 is 2.06 bits per heavy atom. The van der Waals surface area contributed by atoms with Gasteiger partial charge in [0, 0.05) is 11.5 Å². The lowest BCUT2D eigenvalue weighted by Crippen LogP contribution is -2.31. The predicted molar refractivity (Wildman–Crippen MR) is 68.7 cm³/mol. The Balaban J connectivity index is 2.32. The van der Waals surface area contributed by atoms with Gasteiger partial charge < -0.3 is 15.2 Å². The number of ether oxygens (including phenoxy) is 2. The number of hydrogen-bond acceptors (Lipinski definition) is 3. The van der Waals surface area contributed by atoms with Crippen LogP contribution in [0.3, 0.4) is 0 Å². The van der Waals surface area contributed by atoms with Crippen LogP contribution in [0.4, 0.5) is 0 Å². The van der Waals surface area contributed by atoms with Crippen molar-refractivity contribution in [3.8, 4) is 11.5 Å². The van der Waals surface area contributed by atoms with E-state index in [-0.39, 0.29) is 11.5 Å². The number of rotatable bonds is 5. The highest BCUT2D eigenvalue weighted by Gasteiger charge is 2.47. The van der Waals surface area contributed by atoms with E-state index in [4.69, 9.17) is 15.2 Å². The fourth-order valence-electron chi connectivity index (χ4n) is 2.39. The zero-order valence-electron chi connectivity index (χ0n) is 10.8. The summed E-state index contributed by atoms with van der Waals surface area (Å²) in [6, 6.07) is 6.36. The summed E-state index contributed by atoms with van der Waals surface area (Å²) in [4.78, 5) is 0. The van der Waals surface area contributed by atoms with Gasteiger partial charge in [0.2, 0.25) is 0 Å². The summed E-state index contributed by atoms with van der Waals surface area (Å²) >= 11 is 0. The van der Waals surface area contributed by atoms with Gasteiger partial charge in [-0.15, -0.1) is 0 Å². The zero-order chi connectivity index (χ0) is 12.5. The molecule has 1 unspecified atom stereocenters. The van der Waals surface area contributed by atoms with Crippen LogP contribution >= 0.6 is 0 Å². The van der Waals surface area contributed by atoms with Crippen LogP contribution in [0.15, 0.2) is 18.2 Å². The molecule has 1 aromatic carbocycles. The molecule has 0 radical (unpaired) electrons. The lowest BCUT2D eigenvalue weighted by Gasteiger charge is -2.21. The predicted octanol–water partition coefficient (Wildman–Crippen LogP) is 2.47. The van der Waals surface area contributed by atoms with Gasteiger partial charge in [0.05, 0.1) is 13.7 Å². The number of benzene rings is 1. The SMILES string of the molecule is CCOc1ccc(C2(C(C)N)CC2)cc1OC. The lowest BCUT2D eigenvalue weighted by atomic mass is 9.89. The standard InChI is InChI=1S/C14H21NO2/c1-4-17-12-6-5-11(9-13(12)16-3)14(7-8-14)10(2)15/h5-6,9-10H,4,7-8,15H2,1-3H3. The van der Waals surface area contributed by atoms with Crippen molar-refractivity contribution < 1.29 is 9.47 Å². The summed E-state index contributed by atoms with van der Waals surface area (Å²) in [6.07, 6.45) is 2.34. The van der Waals surface area contributed by atoms with Crippen molar-refractivity contribution in [2.75, 3.05) is 13.7 Å². The third-order valence-electron chi connectivity index (χ3n) is 3.70. The van der Waals surface area contributed by atoms with Crippen molar-refractivity contribution in [2.45, 2.75) is 38.1 Å². The van der Waals surface area contributed by atoms with E-state index < -0.39 is 0 Å². The summed E-state index contributed by atoms with van der Waals surface area (Å²) in [5, 5.41) is 0. The first-order valence-electron chi connectivity index (χ1n) is 6.21. The van der Waals surface area contributed by atoms with Crippen molar-refractivity contribution in [1.82, 2.24) is 0 Å². The number of hydrogen-bond donors (Lipinski definition) is 1. The van der Waals surface area contributed by atoms with Crippen LogP contribution in [0.1, 0.15) is 32.3 Å². The molecular formula is C14H21NO2. The Bertz CT molecular complexity index is 397. The fraction of sp³-hybridized carbons (Fsp3) is 0.571. The average molecular weight is 235 g/mol. The molecule has 2 N–H and O–H groups in total. The van der Waals surface area contributed by atoms with Gasteiger partial charge in [-0.3, -0.25) is 0 Å². The summed E-state index contributed by atoms with van der Waals surface area (Å²) in [7, 11) is 1.67. The first-order valence-corrected chi connectivity index (χ1v) is 6.21. The van der Waals surface area contributed by atoms with Crippen molar-refractivity contribution in [1.29, 1.82) is 0 Å². The highest BCUT2D eigenvalue weighted by atomic mass is 16.5. The first-order chi connectivity index (χ1) is 8.14. The Kier molecular flexibility index (Phi) is 3.29. The molecule has 0 saturated heterocycles. The van der Waals surface area contributed by atoms with Gasteiger partial charge in [0.15, 0.2) is 11.5 Å². The minimum atomic E-state index is 0.165. The Morgan fingerprint density at radius 3 is 2.53 bits per heavy atom. The van der Waals surface area contributed by atoms with E-state index in [1.807, 2.05) is 13.0 Å². The van der Waals surface area contributed by atoms with Gasteiger partial charge in [-0.1, -0.05) is 6.07 Å². The second-order valence-corrected chi connectivity index (χ2v) is 4.74. The van der Waals surface area contributed by atoms with Crippen molar-refractivity contribution in [2.24, 2.45) is 5.73 Å². The smallest absolute Gasteiger partial charge is 0.161 e. The van der Waals surface area contributed by atoms with E-state index in [1.165, 1.54) is 18.4 Å². The van der Waals surface area contributed by atoms with Crippen LogP contribution in [0.25, 0.3) is 0 Å². The summed E-state index contributed by atoms with van der Waals surface area (Å²) < 4.78 is 10.9. The third-order valence-corrected chi connectivity index (χ3v) is 3.70. The molecular weight excluding hydrogens is 214 g/mol. The third kappa shape index (κ3) is 2.12. The molecule has 0 bridgehead atoms. The van der Waals surface area contributed by atoms with Gasteiger partial charge in [-0.25, -0.2) is 0 Å².